The van der Waals surface area contributed by atoms with Crippen LogP contribution in [-0.2, 0) is 0 Å². The summed E-state index contributed by atoms with van der Waals surface area (Å²) < 4.78 is 14.2. The SMILES string of the molecule is Br.CN1CC=C(c2csc3cc(F)ccc23)CC1. The van der Waals surface area contributed by atoms with Gasteiger partial charge in [0, 0.05) is 23.2 Å². The Kier molecular flexibility index (Phi) is 4.20. The lowest BCUT2D eigenvalue weighted by Gasteiger charge is -2.21. The molecule has 0 atom stereocenters. The molecule has 1 aliphatic rings. The van der Waals surface area contributed by atoms with E-state index < -0.39 is 0 Å². The first-order chi connectivity index (χ1) is 8.24. The van der Waals surface area contributed by atoms with Gasteiger partial charge in [-0.15, -0.1) is 28.3 Å². The summed E-state index contributed by atoms with van der Waals surface area (Å²) in [7, 11) is 2.13. The smallest absolute Gasteiger partial charge is 0.124 e. The average molecular weight is 328 g/mol. The summed E-state index contributed by atoms with van der Waals surface area (Å²) in [5, 5.41) is 3.34. The van der Waals surface area contributed by atoms with Crippen LogP contribution in [-0.4, -0.2) is 25.0 Å². The molecule has 0 N–H and O–H groups in total. The second-order valence-electron chi connectivity index (χ2n) is 4.53. The van der Waals surface area contributed by atoms with Crippen LogP contribution in [0.1, 0.15) is 12.0 Å². The summed E-state index contributed by atoms with van der Waals surface area (Å²) in [6.45, 7) is 2.11. The minimum atomic E-state index is -0.150. The number of likely N-dealkylation sites (N-methyl/N-ethyl adjacent to an activating group) is 1. The molecule has 0 bridgehead atoms. The van der Waals surface area contributed by atoms with Crippen LogP contribution in [0, 0.1) is 5.82 Å². The van der Waals surface area contributed by atoms with Gasteiger partial charge in [-0.2, -0.15) is 0 Å². The molecular formula is C14H15BrFNS. The van der Waals surface area contributed by atoms with Crippen molar-refractivity contribution in [3.05, 3.63) is 41.0 Å². The highest BCUT2D eigenvalue weighted by molar-refractivity contribution is 8.93. The Morgan fingerprint density at radius 2 is 2.17 bits per heavy atom. The number of halogens is 2. The molecule has 0 amide bonds. The number of hydrogen-bond donors (Lipinski definition) is 0. The predicted octanol–water partition coefficient (Wildman–Crippen LogP) is 4.34. The molecule has 1 aromatic heterocycles. The van der Waals surface area contributed by atoms with Crippen molar-refractivity contribution in [2.45, 2.75) is 6.42 Å². The predicted molar refractivity (Wildman–Crippen MR) is 82.2 cm³/mol. The standard InChI is InChI=1S/C14H14FNS.BrH/c1-16-6-4-10(5-7-16)13-9-17-14-8-11(15)2-3-12(13)14;/h2-4,8-9H,5-7H2,1H3;1H. The number of nitrogens with zero attached hydrogens (tertiary/aromatic N) is 1. The highest BCUT2D eigenvalue weighted by Gasteiger charge is 2.13. The van der Waals surface area contributed by atoms with Crippen LogP contribution in [0.4, 0.5) is 4.39 Å². The van der Waals surface area contributed by atoms with Crippen LogP contribution in [0.25, 0.3) is 15.7 Å². The van der Waals surface area contributed by atoms with Gasteiger partial charge in [0.25, 0.3) is 0 Å². The first kappa shape index (κ1) is 13.7. The van der Waals surface area contributed by atoms with Crippen molar-refractivity contribution >= 4 is 44.0 Å². The van der Waals surface area contributed by atoms with Gasteiger partial charge < -0.3 is 4.90 Å². The van der Waals surface area contributed by atoms with Gasteiger partial charge in [-0.25, -0.2) is 4.39 Å². The Labute approximate surface area is 121 Å². The third-order valence-corrected chi connectivity index (χ3v) is 4.24. The molecule has 0 radical (unpaired) electrons. The third-order valence-electron chi connectivity index (χ3n) is 3.30. The lowest BCUT2D eigenvalue weighted by molar-refractivity contribution is 0.370. The summed E-state index contributed by atoms with van der Waals surface area (Å²) in [5.41, 5.74) is 2.69. The molecule has 1 aliphatic heterocycles. The maximum Gasteiger partial charge on any atom is 0.124 e. The first-order valence-electron chi connectivity index (χ1n) is 5.79. The van der Waals surface area contributed by atoms with E-state index in [2.05, 4.69) is 23.4 Å². The molecule has 0 saturated heterocycles. The van der Waals surface area contributed by atoms with Gasteiger partial charge in [0.2, 0.25) is 0 Å². The number of fused-ring (bicyclic) bond motifs is 1. The van der Waals surface area contributed by atoms with E-state index in [0.717, 1.165) is 24.2 Å². The normalized spacial score (nSPS) is 16.4. The van der Waals surface area contributed by atoms with E-state index in [1.807, 2.05) is 6.07 Å². The van der Waals surface area contributed by atoms with Gasteiger partial charge in [0.1, 0.15) is 5.82 Å². The van der Waals surface area contributed by atoms with E-state index in [1.54, 1.807) is 23.5 Å². The highest BCUT2D eigenvalue weighted by atomic mass is 79.9. The summed E-state index contributed by atoms with van der Waals surface area (Å²) in [5.74, 6) is -0.150. The number of benzene rings is 1. The van der Waals surface area contributed by atoms with Gasteiger partial charge in [-0.05, 0) is 42.1 Å². The second kappa shape index (κ2) is 5.51. The van der Waals surface area contributed by atoms with Crippen LogP contribution >= 0.6 is 28.3 Å². The molecule has 1 aromatic carbocycles. The zero-order valence-corrected chi connectivity index (χ0v) is 12.7. The lowest BCUT2D eigenvalue weighted by atomic mass is 9.99. The van der Waals surface area contributed by atoms with Crippen molar-refractivity contribution in [1.29, 1.82) is 0 Å². The molecule has 2 heterocycles. The van der Waals surface area contributed by atoms with E-state index in [1.165, 1.54) is 16.5 Å². The Balaban J connectivity index is 0.00000120. The van der Waals surface area contributed by atoms with Crippen LogP contribution < -0.4 is 0 Å². The minimum Gasteiger partial charge on any atom is -0.302 e. The molecule has 4 heteroatoms. The van der Waals surface area contributed by atoms with Crippen LogP contribution in [0.15, 0.2) is 29.7 Å². The van der Waals surface area contributed by atoms with Crippen LogP contribution in [0.5, 0.6) is 0 Å². The van der Waals surface area contributed by atoms with Crippen LogP contribution in [0.2, 0.25) is 0 Å². The fourth-order valence-electron chi connectivity index (χ4n) is 2.27. The molecule has 1 nitrogen and oxygen atoms in total. The van der Waals surface area contributed by atoms with E-state index >= 15 is 0 Å². The number of hydrogen-bond acceptors (Lipinski definition) is 2. The minimum absolute atomic E-state index is 0. The van der Waals surface area contributed by atoms with Gasteiger partial charge in [0.15, 0.2) is 0 Å². The van der Waals surface area contributed by atoms with E-state index in [-0.39, 0.29) is 22.8 Å². The molecule has 0 unspecified atom stereocenters. The van der Waals surface area contributed by atoms with Gasteiger partial charge in [-0.1, -0.05) is 12.1 Å². The van der Waals surface area contributed by atoms with E-state index in [0.29, 0.717) is 0 Å². The fourth-order valence-corrected chi connectivity index (χ4v) is 3.27. The highest BCUT2D eigenvalue weighted by Crippen LogP contribution is 2.33. The quantitative estimate of drug-likeness (QED) is 0.753. The third kappa shape index (κ3) is 2.51. The van der Waals surface area contributed by atoms with E-state index in [4.69, 9.17) is 0 Å². The number of thiophene rings is 1. The maximum atomic E-state index is 13.1. The summed E-state index contributed by atoms with van der Waals surface area (Å²) in [6, 6.07) is 5.07. The van der Waals surface area contributed by atoms with Crippen molar-refractivity contribution in [2.75, 3.05) is 20.1 Å². The molecule has 0 aliphatic carbocycles. The van der Waals surface area contributed by atoms with Crippen molar-refractivity contribution < 1.29 is 4.39 Å². The molecule has 96 valence electrons. The zero-order chi connectivity index (χ0) is 11.8. The van der Waals surface area contributed by atoms with Gasteiger partial charge in [0.05, 0.1) is 0 Å². The largest absolute Gasteiger partial charge is 0.302 e. The second-order valence-corrected chi connectivity index (χ2v) is 5.44. The Morgan fingerprint density at radius 1 is 1.33 bits per heavy atom. The lowest BCUT2D eigenvalue weighted by Crippen LogP contribution is -2.23. The maximum absolute atomic E-state index is 13.1. The Hall–Kier alpha value is -0.710. The number of rotatable bonds is 1. The van der Waals surface area contributed by atoms with Crippen molar-refractivity contribution in [3.8, 4) is 0 Å². The molecule has 2 aromatic rings. The van der Waals surface area contributed by atoms with Crippen molar-refractivity contribution in [3.63, 3.8) is 0 Å². The molecule has 0 fully saturated rings. The summed E-state index contributed by atoms with van der Waals surface area (Å²) >= 11 is 1.63. The average Bonchev–Trinajstić information content (AvgIpc) is 2.73. The fraction of sp³-hybridized carbons (Fsp3) is 0.286. The van der Waals surface area contributed by atoms with Crippen molar-refractivity contribution in [1.82, 2.24) is 4.90 Å². The van der Waals surface area contributed by atoms with Gasteiger partial charge in [-0.3, -0.25) is 0 Å². The Morgan fingerprint density at radius 3 is 2.89 bits per heavy atom. The Bertz CT molecular complexity index is 590. The van der Waals surface area contributed by atoms with Crippen molar-refractivity contribution in [2.24, 2.45) is 0 Å². The zero-order valence-electron chi connectivity index (χ0n) is 10.1. The van der Waals surface area contributed by atoms with Gasteiger partial charge >= 0.3 is 0 Å². The topological polar surface area (TPSA) is 3.24 Å². The summed E-state index contributed by atoms with van der Waals surface area (Å²) in [6.07, 6.45) is 3.37. The van der Waals surface area contributed by atoms with Crippen LogP contribution in [0.3, 0.4) is 0 Å². The van der Waals surface area contributed by atoms with E-state index in [9.17, 15) is 4.39 Å². The first-order valence-corrected chi connectivity index (χ1v) is 6.67. The molecule has 18 heavy (non-hydrogen) atoms. The summed E-state index contributed by atoms with van der Waals surface area (Å²) in [4.78, 5) is 2.30. The monoisotopic (exact) mass is 327 g/mol. The molecule has 0 spiro atoms. The molecule has 0 saturated carbocycles. The molecular weight excluding hydrogens is 313 g/mol. The molecule has 3 rings (SSSR count).